The molecule has 0 bridgehead atoms. The lowest BCUT2D eigenvalue weighted by Gasteiger charge is -2.09. The van der Waals surface area contributed by atoms with Crippen molar-refractivity contribution in [1.29, 1.82) is 0 Å². The van der Waals surface area contributed by atoms with Crippen molar-refractivity contribution in [2.24, 2.45) is 0 Å². The first-order valence-corrected chi connectivity index (χ1v) is 8.52. The van der Waals surface area contributed by atoms with E-state index >= 15 is 0 Å². The molecule has 5 nitrogen and oxygen atoms in total. The Morgan fingerprint density at radius 2 is 2.08 bits per heavy atom. The number of hydrogen-bond acceptors (Lipinski definition) is 5. The van der Waals surface area contributed by atoms with Crippen molar-refractivity contribution >= 4 is 17.2 Å². The van der Waals surface area contributed by atoms with E-state index in [1.54, 1.807) is 5.38 Å². The number of aromatic nitrogens is 1. The second-order valence-electron chi connectivity index (χ2n) is 5.79. The number of halogens is 3. The van der Waals surface area contributed by atoms with Crippen LogP contribution < -0.4 is 10.6 Å². The van der Waals surface area contributed by atoms with Gasteiger partial charge in [-0.1, -0.05) is 12.1 Å². The average Bonchev–Trinajstić information content (AvgIpc) is 3.21. The van der Waals surface area contributed by atoms with Crippen molar-refractivity contribution in [2.45, 2.75) is 31.3 Å². The normalized spacial score (nSPS) is 20.6. The van der Waals surface area contributed by atoms with Gasteiger partial charge in [-0.2, -0.15) is 13.2 Å². The minimum absolute atomic E-state index is 0.208. The molecule has 2 aromatic rings. The zero-order chi connectivity index (χ0) is 18.0. The van der Waals surface area contributed by atoms with E-state index in [-0.39, 0.29) is 12.5 Å². The molecule has 0 saturated carbocycles. The van der Waals surface area contributed by atoms with Gasteiger partial charge in [0.2, 0.25) is 5.91 Å². The van der Waals surface area contributed by atoms with Crippen LogP contribution in [0.3, 0.4) is 0 Å². The lowest BCUT2D eigenvalue weighted by Crippen LogP contribution is -2.40. The fourth-order valence-electron chi connectivity index (χ4n) is 2.54. The predicted molar refractivity (Wildman–Crippen MR) is 86.8 cm³/mol. The van der Waals surface area contributed by atoms with Gasteiger partial charge in [-0.05, 0) is 18.6 Å². The summed E-state index contributed by atoms with van der Waals surface area (Å²) in [6.45, 7) is 0.622. The number of nitrogens with one attached hydrogen (secondary N) is 2. The molecule has 1 aromatic heterocycles. The number of hydrogen-bond donors (Lipinski definition) is 3. The standard InChI is InChI=1S/C16H16F3N3O2S/c17-16(18,19)10-3-1-9(2-4-10)15-22-11(8-25-15)6-21-14(24)13-5-12(23)7-20-13/h1-4,8,12-13,20,23H,5-7H2,(H,21,24)/t12-,13+/m1/s1. The molecule has 1 fully saturated rings. The summed E-state index contributed by atoms with van der Waals surface area (Å²) in [7, 11) is 0. The highest BCUT2D eigenvalue weighted by Gasteiger charge is 2.30. The Bertz CT molecular complexity index is 746. The van der Waals surface area contributed by atoms with E-state index in [4.69, 9.17) is 0 Å². The molecule has 9 heteroatoms. The van der Waals surface area contributed by atoms with E-state index in [0.29, 0.717) is 29.2 Å². The molecule has 2 atom stereocenters. The summed E-state index contributed by atoms with van der Waals surface area (Å²) in [5.41, 5.74) is 0.523. The van der Waals surface area contributed by atoms with Gasteiger partial charge in [-0.3, -0.25) is 4.79 Å². The highest BCUT2D eigenvalue weighted by molar-refractivity contribution is 7.13. The largest absolute Gasteiger partial charge is 0.416 e. The molecule has 1 aliphatic heterocycles. The van der Waals surface area contributed by atoms with Gasteiger partial charge in [0.25, 0.3) is 0 Å². The van der Waals surface area contributed by atoms with E-state index in [0.717, 1.165) is 12.1 Å². The van der Waals surface area contributed by atoms with Gasteiger partial charge in [0.05, 0.1) is 29.9 Å². The first-order chi connectivity index (χ1) is 11.8. The first-order valence-electron chi connectivity index (χ1n) is 7.64. The second-order valence-corrected chi connectivity index (χ2v) is 6.65. The van der Waals surface area contributed by atoms with Gasteiger partial charge in [0.1, 0.15) is 5.01 Å². The number of thiazole rings is 1. The van der Waals surface area contributed by atoms with Crippen LogP contribution in [0.4, 0.5) is 13.2 Å². The van der Waals surface area contributed by atoms with E-state index in [1.807, 2.05) is 0 Å². The van der Waals surface area contributed by atoms with E-state index < -0.39 is 23.9 Å². The maximum Gasteiger partial charge on any atom is 0.416 e. The maximum absolute atomic E-state index is 12.6. The summed E-state index contributed by atoms with van der Waals surface area (Å²) in [5.74, 6) is -0.208. The summed E-state index contributed by atoms with van der Waals surface area (Å²) in [6.07, 6.45) is -4.50. The summed E-state index contributed by atoms with van der Waals surface area (Å²) in [6, 6.07) is 4.40. The molecule has 1 amide bonds. The minimum Gasteiger partial charge on any atom is -0.392 e. The molecule has 0 unspecified atom stereocenters. The first kappa shape index (κ1) is 17.8. The quantitative estimate of drug-likeness (QED) is 0.770. The predicted octanol–water partition coefficient (Wildman–Crippen LogP) is 2.17. The van der Waals surface area contributed by atoms with Crippen molar-refractivity contribution in [3.05, 3.63) is 40.9 Å². The molecule has 1 aliphatic rings. The van der Waals surface area contributed by atoms with Crippen LogP contribution in [0.15, 0.2) is 29.6 Å². The van der Waals surface area contributed by atoms with Crippen molar-refractivity contribution < 1.29 is 23.1 Å². The second kappa shape index (κ2) is 7.11. The van der Waals surface area contributed by atoms with Gasteiger partial charge < -0.3 is 15.7 Å². The van der Waals surface area contributed by atoms with Gasteiger partial charge in [0.15, 0.2) is 0 Å². The van der Waals surface area contributed by atoms with Gasteiger partial charge in [-0.15, -0.1) is 11.3 Å². The Morgan fingerprint density at radius 3 is 2.68 bits per heavy atom. The third kappa shape index (κ3) is 4.36. The molecule has 0 aliphatic carbocycles. The summed E-state index contributed by atoms with van der Waals surface area (Å²) in [4.78, 5) is 16.3. The van der Waals surface area contributed by atoms with Crippen LogP contribution in [0, 0.1) is 0 Å². The molecular formula is C16H16F3N3O2S. The molecule has 1 saturated heterocycles. The molecule has 3 rings (SSSR count). The Labute approximate surface area is 145 Å². The number of carbonyl (C=O) groups excluding carboxylic acids is 1. The average molecular weight is 371 g/mol. The van der Waals surface area contributed by atoms with Gasteiger partial charge in [0, 0.05) is 17.5 Å². The zero-order valence-electron chi connectivity index (χ0n) is 13.0. The van der Waals surface area contributed by atoms with Crippen LogP contribution in [0.1, 0.15) is 17.7 Å². The fourth-order valence-corrected chi connectivity index (χ4v) is 3.37. The minimum atomic E-state index is -4.36. The van der Waals surface area contributed by atoms with E-state index in [1.165, 1.54) is 23.5 Å². The van der Waals surface area contributed by atoms with Gasteiger partial charge in [-0.25, -0.2) is 4.98 Å². The van der Waals surface area contributed by atoms with Crippen molar-refractivity contribution in [2.75, 3.05) is 6.54 Å². The van der Waals surface area contributed by atoms with Crippen LogP contribution in [0.2, 0.25) is 0 Å². The maximum atomic E-state index is 12.6. The number of rotatable bonds is 4. The number of aliphatic hydroxyl groups excluding tert-OH is 1. The monoisotopic (exact) mass is 371 g/mol. The molecule has 25 heavy (non-hydrogen) atoms. The van der Waals surface area contributed by atoms with E-state index in [2.05, 4.69) is 15.6 Å². The molecule has 134 valence electrons. The number of nitrogens with zero attached hydrogens (tertiary/aromatic N) is 1. The fraction of sp³-hybridized carbons (Fsp3) is 0.375. The Morgan fingerprint density at radius 1 is 1.36 bits per heavy atom. The highest BCUT2D eigenvalue weighted by Crippen LogP contribution is 2.31. The number of aliphatic hydroxyl groups is 1. The number of amides is 1. The molecular weight excluding hydrogens is 355 g/mol. The SMILES string of the molecule is O=C(NCc1csc(-c2ccc(C(F)(F)F)cc2)n1)[C@@H]1C[C@@H](O)CN1. The number of carbonyl (C=O) groups is 1. The summed E-state index contributed by atoms with van der Waals surface area (Å²) >= 11 is 1.30. The number of β-amino-alcohol motifs (C(OH)–C–C–N with tert-alkyl or cyclic N) is 1. The van der Waals surface area contributed by atoms with Gasteiger partial charge >= 0.3 is 6.18 Å². The third-order valence-corrected chi connectivity index (χ3v) is 4.82. The molecule has 2 heterocycles. The van der Waals surface area contributed by atoms with Crippen LogP contribution in [-0.4, -0.2) is 34.7 Å². The van der Waals surface area contributed by atoms with Crippen LogP contribution in [-0.2, 0) is 17.5 Å². The number of alkyl halides is 3. The topological polar surface area (TPSA) is 74.2 Å². The van der Waals surface area contributed by atoms with Crippen molar-refractivity contribution in [3.63, 3.8) is 0 Å². The summed E-state index contributed by atoms with van der Waals surface area (Å²) < 4.78 is 37.7. The highest BCUT2D eigenvalue weighted by atomic mass is 32.1. The molecule has 1 aromatic carbocycles. The Hall–Kier alpha value is -1.97. The zero-order valence-corrected chi connectivity index (χ0v) is 13.8. The smallest absolute Gasteiger partial charge is 0.392 e. The molecule has 3 N–H and O–H groups in total. The third-order valence-electron chi connectivity index (χ3n) is 3.88. The molecule has 0 spiro atoms. The Balaban J connectivity index is 1.60. The van der Waals surface area contributed by atoms with Crippen LogP contribution >= 0.6 is 11.3 Å². The summed E-state index contributed by atoms with van der Waals surface area (Å²) in [5, 5.41) is 17.4. The lowest BCUT2D eigenvalue weighted by molar-refractivity contribution is -0.137. The lowest BCUT2D eigenvalue weighted by atomic mass is 10.1. The van der Waals surface area contributed by atoms with Crippen molar-refractivity contribution in [3.8, 4) is 10.6 Å². The number of benzene rings is 1. The van der Waals surface area contributed by atoms with E-state index in [9.17, 15) is 23.1 Å². The van der Waals surface area contributed by atoms with Crippen LogP contribution in [0.5, 0.6) is 0 Å². The van der Waals surface area contributed by atoms with Crippen molar-refractivity contribution in [1.82, 2.24) is 15.6 Å². The Kier molecular flexibility index (Phi) is 5.07. The van der Waals surface area contributed by atoms with Crippen LogP contribution in [0.25, 0.3) is 10.6 Å². The molecule has 0 radical (unpaired) electrons.